The summed E-state index contributed by atoms with van der Waals surface area (Å²) in [5, 5.41) is 0. The lowest BCUT2D eigenvalue weighted by molar-refractivity contribution is -0.140. The van der Waals surface area contributed by atoms with E-state index in [1.165, 1.54) is 12.1 Å². The molecule has 0 bridgehead atoms. The Bertz CT molecular complexity index is 565. The van der Waals surface area contributed by atoms with Gasteiger partial charge in [0.25, 0.3) is 0 Å². The number of likely N-dealkylation sites (tertiary alicyclic amines) is 1. The van der Waals surface area contributed by atoms with Crippen LogP contribution in [0.25, 0.3) is 0 Å². The Kier molecular flexibility index (Phi) is 3.47. The quantitative estimate of drug-likeness (QED) is 0.804. The maximum Gasteiger partial charge on any atom is 0.244 e. The van der Waals surface area contributed by atoms with Crippen LogP contribution in [0.1, 0.15) is 12.8 Å². The Morgan fingerprint density at radius 1 is 1.22 bits per heavy atom. The molecule has 1 fully saturated rings. The molecule has 2 amide bonds. The van der Waals surface area contributed by atoms with Crippen molar-refractivity contribution < 1.29 is 18.0 Å². The molecule has 2 rings (SSSR count). The van der Waals surface area contributed by atoms with Crippen molar-refractivity contribution in [2.45, 2.75) is 17.7 Å². The molecule has 0 atom stereocenters. The summed E-state index contributed by atoms with van der Waals surface area (Å²) >= 11 is 0. The second kappa shape index (κ2) is 4.89. The maximum atomic E-state index is 11.9. The van der Waals surface area contributed by atoms with E-state index in [1.54, 1.807) is 18.2 Å². The van der Waals surface area contributed by atoms with E-state index in [4.69, 9.17) is 0 Å². The van der Waals surface area contributed by atoms with Crippen LogP contribution in [0.3, 0.4) is 0 Å². The standard InChI is InChI=1S/C12H13NO4S/c14-11-7-4-8-13(11)12(15)9-18(16,17)10-5-2-1-3-6-10/h1-3,5-6H,4,7-9H2. The van der Waals surface area contributed by atoms with E-state index < -0.39 is 21.5 Å². The number of imide groups is 1. The van der Waals surface area contributed by atoms with Crippen molar-refractivity contribution in [1.82, 2.24) is 4.90 Å². The van der Waals surface area contributed by atoms with Crippen molar-refractivity contribution >= 4 is 21.7 Å². The van der Waals surface area contributed by atoms with Gasteiger partial charge in [-0.15, -0.1) is 0 Å². The number of hydrogen-bond acceptors (Lipinski definition) is 4. The molecule has 0 unspecified atom stereocenters. The van der Waals surface area contributed by atoms with Gasteiger partial charge in [0, 0.05) is 13.0 Å². The topological polar surface area (TPSA) is 71.5 Å². The Morgan fingerprint density at radius 2 is 1.89 bits per heavy atom. The van der Waals surface area contributed by atoms with Gasteiger partial charge in [-0.3, -0.25) is 14.5 Å². The molecular formula is C12H13NO4S. The first kappa shape index (κ1) is 12.8. The van der Waals surface area contributed by atoms with Crippen molar-refractivity contribution in [2.24, 2.45) is 0 Å². The molecule has 6 heteroatoms. The third-order valence-corrected chi connectivity index (χ3v) is 4.41. The SMILES string of the molecule is O=C1CCCN1C(=O)CS(=O)(=O)c1ccccc1. The fraction of sp³-hybridized carbons (Fsp3) is 0.333. The molecule has 1 saturated heterocycles. The third-order valence-electron chi connectivity index (χ3n) is 2.79. The van der Waals surface area contributed by atoms with Gasteiger partial charge in [-0.2, -0.15) is 0 Å². The lowest BCUT2D eigenvalue weighted by Crippen LogP contribution is -2.36. The summed E-state index contributed by atoms with van der Waals surface area (Å²) in [5.74, 6) is -1.58. The monoisotopic (exact) mass is 267 g/mol. The van der Waals surface area contributed by atoms with Gasteiger partial charge in [-0.1, -0.05) is 18.2 Å². The molecule has 1 aromatic rings. The molecule has 96 valence electrons. The van der Waals surface area contributed by atoms with Crippen LogP contribution in [-0.4, -0.2) is 37.4 Å². The van der Waals surface area contributed by atoms with Gasteiger partial charge in [-0.25, -0.2) is 8.42 Å². The minimum atomic E-state index is -3.66. The Hall–Kier alpha value is -1.69. The zero-order valence-electron chi connectivity index (χ0n) is 9.70. The van der Waals surface area contributed by atoms with Crippen LogP contribution < -0.4 is 0 Å². The molecule has 1 heterocycles. The summed E-state index contributed by atoms with van der Waals surface area (Å²) in [6.45, 7) is 0.321. The van der Waals surface area contributed by atoms with Crippen molar-refractivity contribution in [3.8, 4) is 0 Å². The zero-order chi connectivity index (χ0) is 13.2. The summed E-state index contributed by atoms with van der Waals surface area (Å²) in [7, 11) is -3.66. The number of rotatable bonds is 3. The minimum absolute atomic E-state index is 0.102. The first-order chi connectivity index (χ1) is 8.50. The van der Waals surface area contributed by atoms with Crippen molar-refractivity contribution in [1.29, 1.82) is 0 Å². The van der Waals surface area contributed by atoms with E-state index in [0.717, 1.165) is 4.90 Å². The molecule has 1 aromatic carbocycles. The first-order valence-electron chi connectivity index (χ1n) is 5.62. The number of nitrogens with zero attached hydrogens (tertiary/aromatic N) is 1. The van der Waals surface area contributed by atoms with Crippen LogP contribution in [0.4, 0.5) is 0 Å². The molecule has 1 aliphatic heterocycles. The number of carbonyl (C=O) groups excluding carboxylic acids is 2. The highest BCUT2D eigenvalue weighted by atomic mass is 32.2. The lowest BCUT2D eigenvalue weighted by atomic mass is 10.4. The van der Waals surface area contributed by atoms with E-state index in [1.807, 2.05) is 0 Å². The fourth-order valence-electron chi connectivity index (χ4n) is 1.86. The summed E-state index contributed by atoms with van der Waals surface area (Å²) < 4.78 is 23.9. The van der Waals surface area contributed by atoms with Gasteiger partial charge >= 0.3 is 0 Å². The number of sulfone groups is 1. The van der Waals surface area contributed by atoms with E-state index >= 15 is 0 Å². The van der Waals surface area contributed by atoms with Gasteiger partial charge in [0.2, 0.25) is 11.8 Å². The molecule has 5 nitrogen and oxygen atoms in total. The van der Waals surface area contributed by atoms with Crippen LogP contribution in [0.15, 0.2) is 35.2 Å². The minimum Gasteiger partial charge on any atom is -0.282 e. The number of benzene rings is 1. The first-order valence-corrected chi connectivity index (χ1v) is 7.27. The smallest absolute Gasteiger partial charge is 0.244 e. The molecule has 0 aliphatic carbocycles. The van der Waals surface area contributed by atoms with E-state index in [9.17, 15) is 18.0 Å². The Balaban J connectivity index is 2.14. The predicted octanol–water partition coefficient (Wildman–Crippen LogP) is 0.609. The second-order valence-corrected chi connectivity index (χ2v) is 6.10. The summed E-state index contributed by atoms with van der Waals surface area (Å²) in [6.07, 6.45) is 0.924. The predicted molar refractivity (Wildman–Crippen MR) is 64.4 cm³/mol. The summed E-state index contributed by atoms with van der Waals surface area (Å²) in [4.78, 5) is 24.2. The average Bonchev–Trinajstić information content (AvgIpc) is 2.76. The highest BCUT2D eigenvalue weighted by Gasteiger charge is 2.30. The van der Waals surface area contributed by atoms with Gasteiger partial charge in [0.05, 0.1) is 4.90 Å². The van der Waals surface area contributed by atoms with Gasteiger partial charge in [-0.05, 0) is 18.6 Å². The van der Waals surface area contributed by atoms with Gasteiger partial charge in [0.1, 0.15) is 5.75 Å². The average molecular weight is 267 g/mol. The van der Waals surface area contributed by atoms with Crippen LogP contribution in [0.2, 0.25) is 0 Å². The van der Waals surface area contributed by atoms with E-state index in [2.05, 4.69) is 0 Å². The zero-order valence-corrected chi connectivity index (χ0v) is 10.5. The molecule has 0 N–H and O–H groups in total. The van der Waals surface area contributed by atoms with Gasteiger partial charge < -0.3 is 0 Å². The molecule has 0 radical (unpaired) electrons. The fourth-order valence-corrected chi connectivity index (χ4v) is 3.08. The Morgan fingerprint density at radius 3 is 2.44 bits per heavy atom. The van der Waals surface area contributed by atoms with Crippen molar-refractivity contribution in [3.05, 3.63) is 30.3 Å². The van der Waals surface area contributed by atoms with E-state index in [0.29, 0.717) is 19.4 Å². The summed E-state index contributed by atoms with van der Waals surface area (Å²) in [5.41, 5.74) is 0. The number of carbonyl (C=O) groups is 2. The largest absolute Gasteiger partial charge is 0.282 e. The van der Waals surface area contributed by atoms with Crippen LogP contribution in [-0.2, 0) is 19.4 Å². The Labute approximate surface area is 105 Å². The molecule has 0 saturated carbocycles. The highest BCUT2D eigenvalue weighted by molar-refractivity contribution is 7.92. The van der Waals surface area contributed by atoms with Crippen LogP contribution >= 0.6 is 0 Å². The lowest BCUT2D eigenvalue weighted by Gasteiger charge is -2.13. The number of amides is 2. The van der Waals surface area contributed by atoms with Crippen LogP contribution in [0.5, 0.6) is 0 Å². The second-order valence-electron chi connectivity index (χ2n) is 4.11. The molecule has 0 aromatic heterocycles. The molecule has 1 aliphatic rings. The van der Waals surface area contributed by atoms with Crippen molar-refractivity contribution in [3.63, 3.8) is 0 Å². The normalized spacial score (nSPS) is 16.0. The van der Waals surface area contributed by atoms with Crippen LogP contribution in [0, 0.1) is 0 Å². The third kappa shape index (κ3) is 2.59. The number of hydrogen-bond donors (Lipinski definition) is 0. The highest BCUT2D eigenvalue weighted by Crippen LogP contribution is 2.14. The summed E-state index contributed by atoms with van der Waals surface area (Å²) in [6, 6.07) is 7.77. The molecule has 0 spiro atoms. The molecular weight excluding hydrogens is 254 g/mol. The van der Waals surface area contributed by atoms with E-state index in [-0.39, 0.29) is 10.8 Å². The molecule has 18 heavy (non-hydrogen) atoms. The van der Waals surface area contributed by atoms with Gasteiger partial charge in [0.15, 0.2) is 9.84 Å². The maximum absolute atomic E-state index is 11.9. The van der Waals surface area contributed by atoms with Crippen molar-refractivity contribution in [2.75, 3.05) is 12.3 Å².